The van der Waals surface area contributed by atoms with E-state index in [1.54, 1.807) is 26.0 Å². The number of fused-ring (bicyclic) bond motifs is 1. The minimum absolute atomic E-state index is 0.0423. The summed E-state index contributed by atoms with van der Waals surface area (Å²) in [6, 6.07) is 4.82. The number of aryl methyl sites for hydroxylation is 1. The van der Waals surface area contributed by atoms with Gasteiger partial charge in [-0.05, 0) is 31.5 Å². The molecule has 2 aromatic heterocycles. The van der Waals surface area contributed by atoms with Crippen LogP contribution in [-0.4, -0.2) is 33.0 Å². The molecule has 0 fully saturated rings. The summed E-state index contributed by atoms with van der Waals surface area (Å²) in [5.74, 6) is -0.0423. The summed E-state index contributed by atoms with van der Waals surface area (Å²) >= 11 is 0. The molecule has 0 spiro atoms. The van der Waals surface area contributed by atoms with Gasteiger partial charge in [-0.1, -0.05) is 6.07 Å². The van der Waals surface area contributed by atoms with Crippen molar-refractivity contribution < 1.29 is 18.3 Å². The summed E-state index contributed by atoms with van der Waals surface area (Å²) in [4.78, 5) is 18.6. The molecule has 0 radical (unpaired) electrons. The van der Waals surface area contributed by atoms with Crippen LogP contribution in [0.5, 0.6) is 11.8 Å². The minimum atomic E-state index is -2.97. The zero-order valence-electron chi connectivity index (χ0n) is 12.9. The molecular formula is C15H14F2N4O3. The van der Waals surface area contributed by atoms with Gasteiger partial charge in [0, 0.05) is 6.20 Å². The number of H-pyrrole nitrogens is 1. The predicted molar refractivity (Wildman–Crippen MR) is 82.0 cm³/mol. The molecule has 1 aromatic carbocycles. The molecule has 1 N–H and O–H groups in total. The maximum atomic E-state index is 12.6. The number of halogens is 2. The second-order valence-corrected chi connectivity index (χ2v) is 4.96. The molecule has 7 nitrogen and oxygen atoms in total. The molecule has 0 unspecified atom stereocenters. The number of ether oxygens (including phenoxy) is 2. The van der Waals surface area contributed by atoms with Crippen molar-refractivity contribution in [3.8, 4) is 17.4 Å². The molecule has 9 heteroatoms. The fraction of sp³-hybridized carbons (Fsp3) is 0.267. The Balaban J connectivity index is 2.13. The first-order valence-corrected chi connectivity index (χ1v) is 7.16. The molecule has 0 saturated carbocycles. The van der Waals surface area contributed by atoms with Gasteiger partial charge in [0.15, 0.2) is 11.4 Å². The van der Waals surface area contributed by atoms with Gasteiger partial charge in [0.1, 0.15) is 11.1 Å². The average Bonchev–Trinajstić information content (AvgIpc) is 2.91. The van der Waals surface area contributed by atoms with Crippen molar-refractivity contribution in [1.82, 2.24) is 19.7 Å². The molecule has 2 heterocycles. The molecule has 3 aromatic rings. The van der Waals surface area contributed by atoms with Crippen LogP contribution in [0.25, 0.3) is 16.7 Å². The van der Waals surface area contributed by atoms with Gasteiger partial charge >= 0.3 is 6.61 Å². The van der Waals surface area contributed by atoms with Crippen LogP contribution in [0.2, 0.25) is 0 Å². The van der Waals surface area contributed by atoms with Crippen molar-refractivity contribution in [3.05, 3.63) is 40.3 Å². The minimum Gasteiger partial charge on any atom is -0.465 e. The van der Waals surface area contributed by atoms with E-state index in [-0.39, 0.29) is 28.5 Å². The lowest BCUT2D eigenvalue weighted by Crippen LogP contribution is -2.09. The van der Waals surface area contributed by atoms with Gasteiger partial charge in [-0.15, -0.1) is 5.10 Å². The van der Waals surface area contributed by atoms with Gasteiger partial charge in [-0.25, -0.2) is 4.68 Å². The normalized spacial score (nSPS) is 11.2. The van der Waals surface area contributed by atoms with Crippen molar-refractivity contribution in [2.75, 3.05) is 6.61 Å². The van der Waals surface area contributed by atoms with Crippen LogP contribution < -0.4 is 15.0 Å². The Hall–Kier alpha value is -2.97. The number of alkyl halides is 2. The quantitative estimate of drug-likeness (QED) is 0.774. The Morgan fingerprint density at radius 3 is 2.88 bits per heavy atom. The average molecular weight is 336 g/mol. The third kappa shape index (κ3) is 3.05. The molecule has 0 bridgehead atoms. The van der Waals surface area contributed by atoms with E-state index in [1.807, 2.05) is 0 Å². The largest absolute Gasteiger partial charge is 0.465 e. The highest BCUT2D eigenvalue weighted by atomic mass is 19.3. The Labute approximate surface area is 134 Å². The van der Waals surface area contributed by atoms with Gasteiger partial charge in [-0.3, -0.25) is 9.78 Å². The molecule has 126 valence electrons. The van der Waals surface area contributed by atoms with E-state index in [0.29, 0.717) is 6.61 Å². The Kier molecular flexibility index (Phi) is 4.15. The summed E-state index contributed by atoms with van der Waals surface area (Å²) in [5.41, 5.74) is 0.737. The molecule has 24 heavy (non-hydrogen) atoms. The van der Waals surface area contributed by atoms with Crippen molar-refractivity contribution in [2.24, 2.45) is 0 Å². The van der Waals surface area contributed by atoms with Crippen LogP contribution in [0.1, 0.15) is 12.5 Å². The summed E-state index contributed by atoms with van der Waals surface area (Å²) in [7, 11) is 0. The molecular weight excluding hydrogens is 322 g/mol. The Bertz CT molecular complexity index is 936. The number of rotatable bonds is 5. The van der Waals surface area contributed by atoms with E-state index in [2.05, 4.69) is 19.8 Å². The molecule has 0 amide bonds. The number of nitrogens with one attached hydrogen (secondary N) is 1. The van der Waals surface area contributed by atoms with Crippen molar-refractivity contribution in [3.63, 3.8) is 0 Å². The first-order valence-electron chi connectivity index (χ1n) is 7.16. The number of hydrogen-bond acceptors (Lipinski definition) is 5. The lowest BCUT2D eigenvalue weighted by atomic mass is 10.2. The first-order chi connectivity index (χ1) is 11.5. The Morgan fingerprint density at radius 2 is 2.17 bits per heavy atom. The summed E-state index contributed by atoms with van der Waals surface area (Å²) < 4.78 is 36.2. The lowest BCUT2D eigenvalue weighted by Gasteiger charge is -2.11. The van der Waals surface area contributed by atoms with Crippen LogP contribution in [0.4, 0.5) is 8.78 Å². The predicted octanol–water partition coefficient (Wildman–Crippen LogP) is 2.42. The molecule has 0 aliphatic heterocycles. The van der Waals surface area contributed by atoms with Crippen LogP contribution in [0.3, 0.4) is 0 Å². The summed E-state index contributed by atoms with van der Waals surface area (Å²) in [5, 5.41) is 4.38. The third-order valence-electron chi connectivity index (χ3n) is 3.23. The second kappa shape index (κ2) is 6.26. The van der Waals surface area contributed by atoms with E-state index < -0.39 is 12.2 Å². The Morgan fingerprint density at radius 1 is 1.38 bits per heavy atom. The zero-order chi connectivity index (χ0) is 17.3. The highest BCUT2D eigenvalue weighted by Crippen LogP contribution is 2.26. The van der Waals surface area contributed by atoms with Crippen molar-refractivity contribution in [2.45, 2.75) is 20.5 Å². The fourth-order valence-electron chi connectivity index (χ4n) is 2.23. The number of nitrogens with zero attached hydrogens (tertiary/aromatic N) is 3. The molecule has 3 rings (SSSR count). The summed E-state index contributed by atoms with van der Waals surface area (Å²) in [6.45, 7) is 0.867. The topological polar surface area (TPSA) is 82.0 Å². The second-order valence-electron chi connectivity index (χ2n) is 4.96. The number of benzene rings is 1. The van der Waals surface area contributed by atoms with E-state index in [1.165, 1.54) is 16.9 Å². The standard InChI is InChI=1S/C15H14F2N4O3/c1-3-23-15-18-12-9(13(22)19-15)7-21(20-12)10-5-4-8(2)6-11(10)24-14(16)17/h4-7,14H,3H2,1-2H3,(H,18,19,20,22). The smallest absolute Gasteiger partial charge is 0.387 e. The molecule has 0 saturated heterocycles. The van der Waals surface area contributed by atoms with Gasteiger partial charge in [-0.2, -0.15) is 13.8 Å². The highest BCUT2D eigenvalue weighted by molar-refractivity contribution is 5.74. The SMILES string of the molecule is CCOc1nc2nn(-c3ccc(C)cc3OC(F)F)cc2c(=O)[nH]1. The van der Waals surface area contributed by atoms with E-state index in [0.717, 1.165) is 5.56 Å². The van der Waals surface area contributed by atoms with Crippen molar-refractivity contribution in [1.29, 1.82) is 0 Å². The van der Waals surface area contributed by atoms with Gasteiger partial charge in [0.05, 0.1) is 6.61 Å². The van der Waals surface area contributed by atoms with Gasteiger partial charge < -0.3 is 9.47 Å². The van der Waals surface area contributed by atoms with Crippen LogP contribution in [0.15, 0.2) is 29.2 Å². The molecule has 0 aliphatic rings. The number of aromatic amines is 1. The lowest BCUT2D eigenvalue weighted by molar-refractivity contribution is -0.0499. The number of hydrogen-bond donors (Lipinski definition) is 1. The molecule has 0 aliphatic carbocycles. The molecule has 0 atom stereocenters. The summed E-state index contributed by atoms with van der Waals surface area (Å²) in [6.07, 6.45) is 1.40. The maximum Gasteiger partial charge on any atom is 0.387 e. The van der Waals surface area contributed by atoms with Gasteiger partial charge in [0.2, 0.25) is 0 Å². The van der Waals surface area contributed by atoms with E-state index in [4.69, 9.17) is 4.74 Å². The fourth-order valence-corrected chi connectivity index (χ4v) is 2.23. The zero-order valence-corrected chi connectivity index (χ0v) is 12.9. The first kappa shape index (κ1) is 15.9. The van der Waals surface area contributed by atoms with E-state index >= 15 is 0 Å². The maximum absolute atomic E-state index is 12.6. The number of aromatic nitrogens is 4. The van der Waals surface area contributed by atoms with Crippen LogP contribution in [0, 0.1) is 6.92 Å². The van der Waals surface area contributed by atoms with Crippen LogP contribution >= 0.6 is 0 Å². The van der Waals surface area contributed by atoms with Crippen LogP contribution in [-0.2, 0) is 0 Å². The van der Waals surface area contributed by atoms with Crippen molar-refractivity contribution >= 4 is 11.0 Å². The highest BCUT2D eigenvalue weighted by Gasteiger charge is 2.15. The third-order valence-corrected chi connectivity index (χ3v) is 3.23. The monoisotopic (exact) mass is 336 g/mol. The van der Waals surface area contributed by atoms with E-state index in [9.17, 15) is 13.6 Å². The van der Waals surface area contributed by atoms with Gasteiger partial charge in [0.25, 0.3) is 11.6 Å².